The van der Waals surface area contributed by atoms with Crippen LogP contribution in [0.25, 0.3) is 0 Å². The molecular formula is C14H11BrO3. The highest BCUT2D eigenvalue weighted by molar-refractivity contribution is 9.10. The number of aldehydes is 1. The maximum Gasteiger partial charge on any atom is 0.153 e. The zero-order valence-electron chi connectivity index (χ0n) is 9.72. The van der Waals surface area contributed by atoms with Gasteiger partial charge in [-0.25, -0.2) is 0 Å². The van der Waals surface area contributed by atoms with Gasteiger partial charge in [0.25, 0.3) is 0 Å². The third-order valence-corrected chi connectivity index (χ3v) is 3.02. The van der Waals surface area contributed by atoms with E-state index in [0.717, 1.165) is 16.5 Å². The average Bonchev–Trinajstić information content (AvgIpc) is 2.41. The fraction of sp³-hybridized carbons (Fsp3) is 0.0714. The van der Waals surface area contributed by atoms with Gasteiger partial charge < -0.3 is 9.47 Å². The zero-order chi connectivity index (χ0) is 13.0. The lowest BCUT2D eigenvalue weighted by molar-refractivity contribution is 0.112. The summed E-state index contributed by atoms with van der Waals surface area (Å²) < 4.78 is 11.6. The SMILES string of the molecule is COc1ccc(Oc2ccccc2C=O)c(Br)c1. The fourth-order valence-corrected chi connectivity index (χ4v) is 1.92. The Hall–Kier alpha value is -1.81. The van der Waals surface area contributed by atoms with E-state index in [9.17, 15) is 4.79 Å². The van der Waals surface area contributed by atoms with Crippen LogP contribution in [0.2, 0.25) is 0 Å². The van der Waals surface area contributed by atoms with Gasteiger partial charge >= 0.3 is 0 Å². The third kappa shape index (κ3) is 2.71. The second-order valence-corrected chi connectivity index (χ2v) is 4.41. The maximum atomic E-state index is 10.9. The minimum atomic E-state index is 0.514. The van der Waals surface area contributed by atoms with E-state index in [4.69, 9.17) is 9.47 Å². The van der Waals surface area contributed by atoms with Gasteiger partial charge in [0.2, 0.25) is 0 Å². The van der Waals surface area contributed by atoms with Gasteiger partial charge in [0.1, 0.15) is 17.2 Å². The van der Waals surface area contributed by atoms with Gasteiger partial charge in [0.15, 0.2) is 6.29 Å². The van der Waals surface area contributed by atoms with Crippen molar-refractivity contribution in [1.29, 1.82) is 0 Å². The van der Waals surface area contributed by atoms with Crippen LogP contribution in [-0.4, -0.2) is 13.4 Å². The van der Waals surface area contributed by atoms with Crippen LogP contribution in [-0.2, 0) is 0 Å². The van der Waals surface area contributed by atoms with E-state index in [2.05, 4.69) is 15.9 Å². The van der Waals surface area contributed by atoms with Crippen molar-refractivity contribution in [3.8, 4) is 17.2 Å². The molecule has 2 aromatic carbocycles. The molecule has 0 bridgehead atoms. The molecule has 0 saturated heterocycles. The molecule has 0 aliphatic carbocycles. The molecule has 2 aromatic rings. The predicted octanol–water partition coefficient (Wildman–Crippen LogP) is 4.06. The lowest BCUT2D eigenvalue weighted by Gasteiger charge is -2.10. The summed E-state index contributed by atoms with van der Waals surface area (Å²) in [5.74, 6) is 1.89. The summed E-state index contributed by atoms with van der Waals surface area (Å²) in [4.78, 5) is 10.9. The maximum absolute atomic E-state index is 10.9. The molecule has 0 atom stereocenters. The molecule has 0 radical (unpaired) electrons. The first-order valence-electron chi connectivity index (χ1n) is 5.30. The average molecular weight is 307 g/mol. The number of carbonyl (C=O) groups is 1. The van der Waals surface area contributed by atoms with E-state index >= 15 is 0 Å². The molecule has 0 fully saturated rings. The number of para-hydroxylation sites is 1. The summed E-state index contributed by atoms with van der Waals surface area (Å²) in [6, 6.07) is 12.5. The van der Waals surface area contributed by atoms with E-state index in [1.54, 1.807) is 43.5 Å². The first-order valence-corrected chi connectivity index (χ1v) is 6.09. The van der Waals surface area contributed by atoms with Crippen molar-refractivity contribution in [1.82, 2.24) is 0 Å². The lowest BCUT2D eigenvalue weighted by Crippen LogP contribution is -1.91. The summed E-state index contributed by atoms with van der Waals surface area (Å²) >= 11 is 3.40. The summed E-state index contributed by atoms with van der Waals surface area (Å²) in [5.41, 5.74) is 0.514. The Kier molecular flexibility index (Phi) is 3.99. The van der Waals surface area contributed by atoms with Gasteiger partial charge in [-0.1, -0.05) is 12.1 Å². The topological polar surface area (TPSA) is 35.5 Å². The zero-order valence-corrected chi connectivity index (χ0v) is 11.3. The van der Waals surface area contributed by atoms with Crippen LogP contribution in [0, 0.1) is 0 Å². The number of methoxy groups -OCH3 is 1. The van der Waals surface area contributed by atoms with Crippen LogP contribution >= 0.6 is 15.9 Å². The van der Waals surface area contributed by atoms with E-state index in [0.29, 0.717) is 17.1 Å². The van der Waals surface area contributed by atoms with Crippen LogP contribution in [0.15, 0.2) is 46.9 Å². The Morgan fingerprint density at radius 1 is 1.11 bits per heavy atom. The summed E-state index contributed by atoms with van der Waals surface area (Å²) in [7, 11) is 1.60. The molecule has 2 rings (SSSR count). The highest BCUT2D eigenvalue weighted by Gasteiger charge is 2.07. The van der Waals surface area contributed by atoms with Gasteiger partial charge in [-0.05, 0) is 46.3 Å². The Balaban J connectivity index is 2.31. The molecule has 0 aliphatic rings. The molecule has 18 heavy (non-hydrogen) atoms. The predicted molar refractivity (Wildman–Crippen MR) is 72.6 cm³/mol. The van der Waals surface area contributed by atoms with E-state index in [-0.39, 0.29) is 0 Å². The van der Waals surface area contributed by atoms with Crippen LogP contribution < -0.4 is 9.47 Å². The van der Waals surface area contributed by atoms with Crippen LogP contribution in [0.4, 0.5) is 0 Å². The molecule has 0 aromatic heterocycles. The Morgan fingerprint density at radius 2 is 1.89 bits per heavy atom. The van der Waals surface area contributed by atoms with Crippen molar-refractivity contribution in [3.05, 3.63) is 52.5 Å². The van der Waals surface area contributed by atoms with Gasteiger partial charge in [-0.2, -0.15) is 0 Å². The first-order chi connectivity index (χ1) is 8.74. The molecule has 0 N–H and O–H groups in total. The molecule has 0 unspecified atom stereocenters. The second-order valence-electron chi connectivity index (χ2n) is 3.55. The van der Waals surface area contributed by atoms with E-state index in [1.165, 1.54) is 0 Å². The van der Waals surface area contributed by atoms with Gasteiger partial charge in [0, 0.05) is 0 Å². The second kappa shape index (κ2) is 5.69. The van der Waals surface area contributed by atoms with Crippen molar-refractivity contribution in [2.75, 3.05) is 7.11 Å². The number of carbonyl (C=O) groups excluding carboxylic acids is 1. The minimum Gasteiger partial charge on any atom is -0.497 e. The number of halogens is 1. The molecule has 0 spiro atoms. The van der Waals surface area contributed by atoms with Crippen molar-refractivity contribution in [2.45, 2.75) is 0 Å². The number of hydrogen-bond donors (Lipinski definition) is 0. The first kappa shape index (κ1) is 12.6. The smallest absolute Gasteiger partial charge is 0.153 e. The van der Waals surface area contributed by atoms with Crippen molar-refractivity contribution in [3.63, 3.8) is 0 Å². The third-order valence-electron chi connectivity index (χ3n) is 2.40. The molecule has 0 amide bonds. The monoisotopic (exact) mass is 306 g/mol. The quantitative estimate of drug-likeness (QED) is 0.799. The summed E-state index contributed by atoms with van der Waals surface area (Å²) in [6.07, 6.45) is 0.771. The van der Waals surface area contributed by atoms with Gasteiger partial charge in [0.05, 0.1) is 17.1 Å². The Labute approximate surface area is 113 Å². The van der Waals surface area contributed by atoms with E-state index in [1.807, 2.05) is 6.07 Å². The normalized spacial score (nSPS) is 9.89. The van der Waals surface area contributed by atoms with Crippen molar-refractivity contribution < 1.29 is 14.3 Å². The molecule has 0 saturated carbocycles. The van der Waals surface area contributed by atoms with Crippen molar-refractivity contribution in [2.24, 2.45) is 0 Å². The van der Waals surface area contributed by atoms with Crippen molar-refractivity contribution >= 4 is 22.2 Å². The largest absolute Gasteiger partial charge is 0.497 e. The Morgan fingerprint density at radius 3 is 2.56 bits per heavy atom. The summed E-state index contributed by atoms with van der Waals surface area (Å²) in [5, 5.41) is 0. The molecule has 0 heterocycles. The highest BCUT2D eigenvalue weighted by Crippen LogP contribution is 2.33. The molecule has 3 nitrogen and oxygen atoms in total. The summed E-state index contributed by atoms with van der Waals surface area (Å²) in [6.45, 7) is 0. The van der Waals surface area contributed by atoms with Crippen LogP contribution in [0.1, 0.15) is 10.4 Å². The number of ether oxygens (including phenoxy) is 2. The number of benzene rings is 2. The van der Waals surface area contributed by atoms with E-state index < -0.39 is 0 Å². The minimum absolute atomic E-state index is 0.514. The van der Waals surface area contributed by atoms with Gasteiger partial charge in [-0.3, -0.25) is 4.79 Å². The molecular weight excluding hydrogens is 296 g/mol. The Bertz CT molecular complexity index is 567. The number of rotatable bonds is 4. The highest BCUT2D eigenvalue weighted by atomic mass is 79.9. The molecule has 4 heteroatoms. The van der Waals surface area contributed by atoms with Crippen LogP contribution in [0.3, 0.4) is 0 Å². The lowest BCUT2D eigenvalue weighted by atomic mass is 10.2. The van der Waals surface area contributed by atoms with Gasteiger partial charge in [-0.15, -0.1) is 0 Å². The molecule has 0 aliphatic heterocycles. The fourth-order valence-electron chi connectivity index (χ4n) is 1.48. The van der Waals surface area contributed by atoms with Crippen LogP contribution in [0.5, 0.6) is 17.2 Å². The molecule has 92 valence electrons. The standard InChI is InChI=1S/C14H11BrO3/c1-17-11-6-7-14(12(15)8-11)18-13-5-3-2-4-10(13)9-16/h2-9H,1H3. The number of hydrogen-bond acceptors (Lipinski definition) is 3.